The van der Waals surface area contributed by atoms with E-state index in [4.69, 9.17) is 4.74 Å². The molecule has 2 N–H and O–H groups in total. The number of hydrogen-bond acceptors (Lipinski definition) is 4. The first-order valence-corrected chi connectivity index (χ1v) is 7.96. The van der Waals surface area contributed by atoms with Gasteiger partial charge in [-0.1, -0.05) is 12.1 Å². The van der Waals surface area contributed by atoms with Gasteiger partial charge in [0.05, 0.1) is 23.8 Å². The van der Waals surface area contributed by atoms with Crippen LogP contribution in [0.3, 0.4) is 0 Å². The van der Waals surface area contributed by atoms with Gasteiger partial charge in [0.15, 0.2) is 0 Å². The van der Waals surface area contributed by atoms with Crippen molar-refractivity contribution in [3.05, 3.63) is 40.0 Å². The van der Waals surface area contributed by atoms with Crippen molar-refractivity contribution in [2.24, 2.45) is 5.92 Å². The first-order valence-electron chi connectivity index (χ1n) is 7.17. The lowest BCUT2D eigenvalue weighted by molar-refractivity contribution is -0.141. The molecule has 1 aliphatic heterocycles. The highest BCUT2D eigenvalue weighted by molar-refractivity contribution is 9.10. The molecule has 0 bridgehead atoms. The summed E-state index contributed by atoms with van der Waals surface area (Å²) in [5, 5.41) is 5.32. The molecule has 7 heteroatoms. The Bertz CT molecular complexity index is 684. The predicted octanol–water partition coefficient (Wildman–Crippen LogP) is 2.36. The molecule has 0 aromatic heterocycles. The summed E-state index contributed by atoms with van der Waals surface area (Å²) in [5.74, 6) is -2.19. The van der Waals surface area contributed by atoms with Crippen molar-refractivity contribution >= 4 is 39.4 Å². The maximum absolute atomic E-state index is 12.6. The number of carbonyl (C=O) groups excluding carboxylic acids is 3. The van der Waals surface area contributed by atoms with Crippen LogP contribution < -0.4 is 10.6 Å². The van der Waals surface area contributed by atoms with E-state index in [1.165, 1.54) is 0 Å². The zero-order valence-corrected chi connectivity index (χ0v) is 14.4. The van der Waals surface area contributed by atoms with Gasteiger partial charge >= 0.3 is 5.97 Å². The van der Waals surface area contributed by atoms with Crippen molar-refractivity contribution in [1.29, 1.82) is 0 Å². The third kappa shape index (κ3) is 3.98. The molecule has 0 saturated carbocycles. The molecule has 1 unspecified atom stereocenters. The third-order valence-electron chi connectivity index (χ3n) is 3.41. The van der Waals surface area contributed by atoms with Crippen LogP contribution in [-0.2, 0) is 19.1 Å². The Kier molecular flexibility index (Phi) is 5.54. The van der Waals surface area contributed by atoms with Gasteiger partial charge in [0.1, 0.15) is 0 Å². The second kappa shape index (κ2) is 7.41. The molecule has 23 heavy (non-hydrogen) atoms. The van der Waals surface area contributed by atoms with Crippen LogP contribution in [0.4, 0.5) is 5.69 Å². The minimum atomic E-state index is -0.880. The number of nitrogens with one attached hydrogen (secondary N) is 2. The van der Waals surface area contributed by atoms with Gasteiger partial charge in [-0.05, 0) is 41.9 Å². The normalized spacial score (nSPS) is 17.5. The van der Waals surface area contributed by atoms with Crippen LogP contribution in [0.2, 0.25) is 0 Å². The molecule has 1 aromatic carbocycles. The number of carbonyl (C=O) groups is 3. The number of para-hydroxylation sites is 1. The summed E-state index contributed by atoms with van der Waals surface area (Å²) in [6, 6.07) is 7.12. The Labute approximate surface area is 142 Å². The fourth-order valence-corrected chi connectivity index (χ4v) is 2.77. The molecule has 0 spiro atoms. The van der Waals surface area contributed by atoms with Gasteiger partial charge in [-0.15, -0.1) is 0 Å². The number of amides is 2. The Hall–Kier alpha value is -2.15. The van der Waals surface area contributed by atoms with E-state index >= 15 is 0 Å². The lowest BCUT2D eigenvalue weighted by Gasteiger charge is -2.25. The quantitative estimate of drug-likeness (QED) is 0.785. The monoisotopic (exact) mass is 380 g/mol. The molecule has 1 atom stereocenters. The van der Waals surface area contributed by atoms with Gasteiger partial charge in [-0.25, -0.2) is 4.79 Å². The van der Waals surface area contributed by atoms with Crippen molar-refractivity contribution in [2.45, 2.75) is 20.3 Å². The van der Waals surface area contributed by atoms with E-state index in [0.717, 1.165) is 0 Å². The maximum Gasteiger partial charge on any atom is 0.336 e. The molecular weight excluding hydrogens is 364 g/mol. The standard InChI is InChI=1S/C16H17BrN2O4/c1-3-23-16(22)14-9(2)18-13(20)8-10(14)15(21)19-12-7-5-4-6-11(12)17/h4-7,10H,3,8H2,1-2H3,(H,18,20)(H,19,21). The van der Waals surface area contributed by atoms with Gasteiger partial charge in [-0.3, -0.25) is 9.59 Å². The van der Waals surface area contributed by atoms with Gasteiger partial charge in [0, 0.05) is 16.6 Å². The fourth-order valence-electron chi connectivity index (χ4n) is 2.39. The van der Waals surface area contributed by atoms with Crippen molar-refractivity contribution < 1.29 is 19.1 Å². The highest BCUT2D eigenvalue weighted by Gasteiger charge is 2.36. The number of allylic oxidation sites excluding steroid dienone is 1. The van der Waals surface area contributed by atoms with Crippen LogP contribution in [0.25, 0.3) is 0 Å². The summed E-state index contributed by atoms with van der Waals surface area (Å²) in [4.78, 5) is 36.5. The smallest absolute Gasteiger partial charge is 0.336 e. The molecule has 122 valence electrons. The van der Waals surface area contributed by atoms with Crippen LogP contribution in [0.5, 0.6) is 0 Å². The summed E-state index contributed by atoms with van der Waals surface area (Å²) in [7, 11) is 0. The van der Waals surface area contributed by atoms with Crippen molar-refractivity contribution in [3.8, 4) is 0 Å². The zero-order valence-electron chi connectivity index (χ0n) is 12.8. The Balaban J connectivity index is 2.28. The minimum absolute atomic E-state index is 0.0955. The van der Waals surface area contributed by atoms with Crippen molar-refractivity contribution in [2.75, 3.05) is 11.9 Å². The number of esters is 1. The van der Waals surface area contributed by atoms with E-state index in [1.54, 1.807) is 32.0 Å². The molecule has 6 nitrogen and oxygen atoms in total. The molecule has 1 aliphatic rings. The molecule has 0 radical (unpaired) electrons. The highest BCUT2D eigenvalue weighted by Crippen LogP contribution is 2.28. The van der Waals surface area contributed by atoms with E-state index in [9.17, 15) is 14.4 Å². The van der Waals surface area contributed by atoms with Crippen LogP contribution in [-0.4, -0.2) is 24.4 Å². The van der Waals surface area contributed by atoms with E-state index < -0.39 is 17.8 Å². The van der Waals surface area contributed by atoms with Crippen LogP contribution in [0.15, 0.2) is 40.0 Å². The summed E-state index contributed by atoms with van der Waals surface area (Å²) in [6.45, 7) is 3.47. The number of ether oxygens (including phenoxy) is 1. The lowest BCUT2D eigenvalue weighted by atomic mass is 9.89. The second-order valence-electron chi connectivity index (χ2n) is 5.03. The SMILES string of the molecule is CCOC(=O)C1=C(C)NC(=O)CC1C(=O)Nc1ccccc1Br. The Morgan fingerprint density at radius 3 is 2.74 bits per heavy atom. The van der Waals surface area contributed by atoms with Gasteiger partial charge < -0.3 is 15.4 Å². The van der Waals surface area contributed by atoms with Gasteiger partial charge in [0.25, 0.3) is 0 Å². The molecule has 0 saturated heterocycles. The average molecular weight is 381 g/mol. The average Bonchev–Trinajstić information content (AvgIpc) is 2.48. The summed E-state index contributed by atoms with van der Waals surface area (Å²) in [5.41, 5.74) is 1.12. The lowest BCUT2D eigenvalue weighted by Crippen LogP contribution is -2.40. The summed E-state index contributed by atoms with van der Waals surface area (Å²) in [6.07, 6.45) is -0.0955. The molecule has 1 heterocycles. The topological polar surface area (TPSA) is 84.5 Å². The molecule has 2 amide bonds. The minimum Gasteiger partial charge on any atom is -0.463 e. The molecule has 2 rings (SSSR count). The Morgan fingerprint density at radius 1 is 1.39 bits per heavy atom. The first-order chi connectivity index (χ1) is 10.9. The Morgan fingerprint density at radius 2 is 2.09 bits per heavy atom. The number of anilines is 1. The predicted molar refractivity (Wildman–Crippen MR) is 88.4 cm³/mol. The van der Waals surface area contributed by atoms with E-state index in [0.29, 0.717) is 15.9 Å². The molecule has 1 aromatic rings. The zero-order chi connectivity index (χ0) is 17.0. The van der Waals surface area contributed by atoms with Gasteiger partial charge in [-0.2, -0.15) is 0 Å². The second-order valence-corrected chi connectivity index (χ2v) is 5.89. The maximum atomic E-state index is 12.6. The van der Waals surface area contributed by atoms with E-state index in [-0.39, 0.29) is 24.5 Å². The summed E-state index contributed by atoms with van der Waals surface area (Å²) < 4.78 is 5.72. The van der Waals surface area contributed by atoms with Crippen LogP contribution >= 0.6 is 15.9 Å². The highest BCUT2D eigenvalue weighted by atomic mass is 79.9. The van der Waals surface area contributed by atoms with E-state index in [1.807, 2.05) is 6.07 Å². The number of hydrogen-bond donors (Lipinski definition) is 2. The van der Waals surface area contributed by atoms with Crippen LogP contribution in [0, 0.1) is 5.92 Å². The van der Waals surface area contributed by atoms with Crippen molar-refractivity contribution in [3.63, 3.8) is 0 Å². The largest absolute Gasteiger partial charge is 0.463 e. The molecule has 0 aliphatic carbocycles. The first kappa shape index (κ1) is 17.2. The molecule has 0 fully saturated rings. The van der Waals surface area contributed by atoms with Crippen molar-refractivity contribution in [1.82, 2.24) is 5.32 Å². The number of halogens is 1. The third-order valence-corrected chi connectivity index (χ3v) is 4.10. The number of benzene rings is 1. The van der Waals surface area contributed by atoms with Gasteiger partial charge in [0.2, 0.25) is 11.8 Å². The van der Waals surface area contributed by atoms with Crippen LogP contribution in [0.1, 0.15) is 20.3 Å². The fraction of sp³-hybridized carbons (Fsp3) is 0.312. The molecular formula is C16H17BrN2O4. The number of rotatable bonds is 4. The summed E-state index contributed by atoms with van der Waals surface area (Å²) >= 11 is 3.34. The van der Waals surface area contributed by atoms with E-state index in [2.05, 4.69) is 26.6 Å².